The number of imidazole rings is 1. The largest absolute Gasteiger partial charge is 0.481 e. The number of carboxylic acid groups (broad SMARTS) is 2. The fourth-order valence-electron chi connectivity index (χ4n) is 4.42. The van der Waals surface area contributed by atoms with Gasteiger partial charge in [0.2, 0.25) is 17.7 Å². The van der Waals surface area contributed by atoms with E-state index in [0.717, 1.165) is 10.9 Å². The first-order valence-electron chi connectivity index (χ1n) is 13.6. The van der Waals surface area contributed by atoms with E-state index in [2.05, 4.69) is 35.9 Å². The fraction of sp³-hybridized carbons (Fsp3) is 0.370. The maximum Gasteiger partial charge on any atom is 0.326 e. The lowest BCUT2D eigenvalue weighted by Crippen LogP contribution is -2.58. The van der Waals surface area contributed by atoms with Crippen molar-refractivity contribution in [3.63, 3.8) is 0 Å². The SMILES string of the molecule is NC(N)=NCCCC(NC(=O)C(N)CC(=O)O)C(=O)NC(Cc1c[nH]c2ccccc12)C(=O)NC(Cc1cnc[nH]1)C(=O)O. The van der Waals surface area contributed by atoms with Gasteiger partial charge in [-0.1, -0.05) is 18.2 Å². The maximum atomic E-state index is 13.6. The Balaban J connectivity index is 1.86. The van der Waals surface area contributed by atoms with E-state index in [-0.39, 0.29) is 38.2 Å². The Labute approximate surface area is 251 Å². The quantitative estimate of drug-likeness (QED) is 0.0455. The van der Waals surface area contributed by atoms with Crippen LogP contribution < -0.4 is 33.2 Å². The molecular weight excluding hydrogens is 576 g/mol. The number of aliphatic carboxylic acids is 2. The smallest absolute Gasteiger partial charge is 0.326 e. The van der Waals surface area contributed by atoms with Gasteiger partial charge < -0.3 is 53.3 Å². The van der Waals surface area contributed by atoms with Crippen LogP contribution in [0.25, 0.3) is 10.9 Å². The first-order valence-corrected chi connectivity index (χ1v) is 13.6. The number of benzene rings is 1. The minimum absolute atomic E-state index is 0.00709. The van der Waals surface area contributed by atoms with Crippen molar-refractivity contribution in [1.29, 1.82) is 0 Å². The first-order chi connectivity index (χ1) is 20.9. The summed E-state index contributed by atoms with van der Waals surface area (Å²) in [5.74, 6) is -5.24. The molecule has 0 radical (unpaired) electrons. The van der Waals surface area contributed by atoms with Crippen molar-refractivity contribution in [1.82, 2.24) is 30.9 Å². The molecule has 1 aromatic carbocycles. The Bertz CT molecular complexity index is 1480. The van der Waals surface area contributed by atoms with Crippen molar-refractivity contribution in [3.8, 4) is 0 Å². The number of carboxylic acids is 2. The number of guanidine groups is 1. The highest BCUT2D eigenvalue weighted by atomic mass is 16.4. The molecule has 0 spiro atoms. The molecule has 0 aliphatic rings. The van der Waals surface area contributed by atoms with Crippen LogP contribution in [0.3, 0.4) is 0 Å². The van der Waals surface area contributed by atoms with Gasteiger partial charge >= 0.3 is 11.9 Å². The summed E-state index contributed by atoms with van der Waals surface area (Å²) in [6.07, 6.45) is 3.91. The number of carbonyl (C=O) groups is 5. The second kappa shape index (κ2) is 15.7. The molecule has 0 bridgehead atoms. The molecule has 0 aliphatic carbocycles. The number of carbonyl (C=O) groups excluding carboxylic acids is 3. The molecule has 44 heavy (non-hydrogen) atoms. The Kier molecular flexibility index (Phi) is 11.8. The van der Waals surface area contributed by atoms with E-state index in [1.165, 1.54) is 12.5 Å². The summed E-state index contributed by atoms with van der Waals surface area (Å²) in [5, 5.41) is 27.1. The Hall–Kier alpha value is -5.45. The number of amides is 3. The van der Waals surface area contributed by atoms with Crippen molar-refractivity contribution < 1.29 is 34.2 Å². The third-order valence-electron chi connectivity index (χ3n) is 6.63. The number of H-pyrrole nitrogens is 2. The van der Waals surface area contributed by atoms with Crippen molar-refractivity contribution >= 4 is 46.5 Å². The summed E-state index contributed by atoms with van der Waals surface area (Å²) >= 11 is 0. The van der Waals surface area contributed by atoms with Gasteiger partial charge in [0, 0.05) is 48.4 Å². The van der Waals surface area contributed by atoms with Crippen LogP contribution in [-0.4, -0.2) is 91.5 Å². The van der Waals surface area contributed by atoms with Crippen LogP contribution in [0.5, 0.6) is 0 Å². The normalized spacial score (nSPS) is 13.7. The minimum Gasteiger partial charge on any atom is -0.481 e. The standard InChI is InChI=1S/C27H36N10O7/c28-17(10-22(38)39)23(40)35-19(6-3-7-32-27(29)30)24(41)36-20(8-14-11-33-18-5-2-1-4-16(14)18)25(42)37-21(26(43)44)9-15-12-31-13-34-15/h1-2,4-5,11-13,17,19-21,33H,3,6-10,28H2,(H,31,34)(H,35,40)(H,36,41)(H,37,42)(H,38,39)(H,43,44)(H4,29,30,32). The van der Waals surface area contributed by atoms with Crippen LogP contribution in [0.2, 0.25) is 0 Å². The van der Waals surface area contributed by atoms with Crippen molar-refractivity contribution in [2.75, 3.05) is 6.54 Å². The number of hydrogen-bond acceptors (Lipinski definition) is 8. The van der Waals surface area contributed by atoms with Crippen LogP contribution in [0.4, 0.5) is 0 Å². The lowest BCUT2D eigenvalue weighted by molar-refractivity contribution is -0.142. The zero-order chi connectivity index (χ0) is 32.2. The number of nitrogens with zero attached hydrogens (tertiary/aromatic N) is 2. The van der Waals surface area contributed by atoms with E-state index in [0.29, 0.717) is 11.3 Å². The van der Waals surface area contributed by atoms with Crippen molar-refractivity contribution in [2.45, 2.75) is 56.3 Å². The molecule has 13 N–H and O–H groups in total. The second-order valence-electron chi connectivity index (χ2n) is 10.0. The molecule has 0 saturated carbocycles. The summed E-state index contributed by atoms with van der Waals surface area (Å²) in [6, 6.07) is 1.96. The third-order valence-corrected chi connectivity index (χ3v) is 6.63. The zero-order valence-corrected chi connectivity index (χ0v) is 23.7. The molecule has 3 rings (SSSR count). The summed E-state index contributed by atoms with van der Waals surface area (Å²) in [6.45, 7) is 0.121. The summed E-state index contributed by atoms with van der Waals surface area (Å²) in [7, 11) is 0. The summed E-state index contributed by atoms with van der Waals surface area (Å²) in [4.78, 5) is 76.3. The number of fused-ring (bicyclic) bond motifs is 1. The lowest BCUT2D eigenvalue weighted by Gasteiger charge is -2.25. The van der Waals surface area contributed by atoms with E-state index >= 15 is 0 Å². The number of hydrogen-bond donors (Lipinski definition) is 10. The molecule has 4 unspecified atom stereocenters. The number of para-hydroxylation sites is 1. The fourth-order valence-corrected chi connectivity index (χ4v) is 4.42. The van der Waals surface area contributed by atoms with Crippen LogP contribution in [-0.2, 0) is 36.8 Å². The van der Waals surface area contributed by atoms with Gasteiger partial charge in [0.25, 0.3) is 0 Å². The molecule has 4 atom stereocenters. The summed E-state index contributed by atoms with van der Waals surface area (Å²) < 4.78 is 0. The van der Waals surface area contributed by atoms with E-state index in [1.807, 2.05) is 18.2 Å². The molecule has 3 amide bonds. The predicted molar refractivity (Wildman–Crippen MR) is 158 cm³/mol. The molecular formula is C27H36N10O7. The van der Waals surface area contributed by atoms with Crippen molar-refractivity contribution in [3.05, 3.63) is 54.2 Å². The molecule has 2 aromatic heterocycles. The molecule has 2 heterocycles. The van der Waals surface area contributed by atoms with Crippen LogP contribution in [0.15, 0.2) is 48.0 Å². The number of aromatic amines is 2. The van der Waals surface area contributed by atoms with E-state index in [4.69, 9.17) is 22.3 Å². The minimum atomic E-state index is -1.44. The molecule has 0 aliphatic heterocycles. The van der Waals surface area contributed by atoms with E-state index < -0.39 is 60.2 Å². The van der Waals surface area contributed by atoms with Crippen LogP contribution >= 0.6 is 0 Å². The van der Waals surface area contributed by atoms with Gasteiger partial charge in [0.1, 0.15) is 18.1 Å². The van der Waals surface area contributed by atoms with Crippen LogP contribution in [0.1, 0.15) is 30.5 Å². The molecule has 17 heteroatoms. The summed E-state index contributed by atoms with van der Waals surface area (Å²) in [5.41, 5.74) is 18.3. The van der Waals surface area contributed by atoms with Gasteiger partial charge in [0.05, 0.1) is 18.8 Å². The molecule has 0 fully saturated rings. The van der Waals surface area contributed by atoms with Gasteiger partial charge in [-0.25, -0.2) is 9.78 Å². The topological polar surface area (TPSA) is 297 Å². The Morgan fingerprint density at radius 1 is 0.909 bits per heavy atom. The Morgan fingerprint density at radius 2 is 1.59 bits per heavy atom. The molecule has 0 saturated heterocycles. The highest BCUT2D eigenvalue weighted by Gasteiger charge is 2.31. The van der Waals surface area contributed by atoms with E-state index in [9.17, 15) is 29.1 Å². The van der Waals surface area contributed by atoms with Gasteiger partial charge in [-0.3, -0.25) is 24.2 Å². The highest BCUT2D eigenvalue weighted by Crippen LogP contribution is 2.19. The Morgan fingerprint density at radius 3 is 2.25 bits per heavy atom. The molecule has 17 nitrogen and oxygen atoms in total. The van der Waals surface area contributed by atoms with Gasteiger partial charge in [-0.15, -0.1) is 0 Å². The molecule has 236 valence electrons. The molecule has 3 aromatic rings. The lowest BCUT2D eigenvalue weighted by atomic mass is 10.0. The van der Waals surface area contributed by atoms with Crippen LogP contribution in [0, 0.1) is 0 Å². The van der Waals surface area contributed by atoms with Crippen molar-refractivity contribution in [2.24, 2.45) is 22.2 Å². The number of nitrogens with one attached hydrogen (secondary N) is 5. The highest BCUT2D eigenvalue weighted by molar-refractivity contribution is 5.95. The number of nitrogens with two attached hydrogens (primary N) is 3. The number of rotatable bonds is 17. The first kappa shape index (κ1) is 33.1. The van der Waals surface area contributed by atoms with Gasteiger partial charge in [0.15, 0.2) is 5.96 Å². The number of aliphatic imine (C=N–C) groups is 1. The second-order valence-corrected chi connectivity index (χ2v) is 10.0. The average Bonchev–Trinajstić information content (AvgIpc) is 3.63. The zero-order valence-electron chi connectivity index (χ0n) is 23.7. The number of aromatic nitrogens is 3. The third kappa shape index (κ3) is 9.83. The predicted octanol–water partition coefficient (Wildman–Crippen LogP) is -1.93. The average molecular weight is 613 g/mol. The van der Waals surface area contributed by atoms with Gasteiger partial charge in [-0.05, 0) is 24.5 Å². The van der Waals surface area contributed by atoms with Gasteiger partial charge in [-0.2, -0.15) is 0 Å². The van der Waals surface area contributed by atoms with E-state index in [1.54, 1.807) is 12.3 Å². The maximum absolute atomic E-state index is 13.6. The monoisotopic (exact) mass is 612 g/mol.